The molecule has 0 aliphatic carbocycles. The van der Waals surface area contributed by atoms with Gasteiger partial charge in [0.05, 0.1) is 16.9 Å². The number of anilines is 2. The number of nitrogen functional groups attached to an aromatic ring is 1. The van der Waals surface area contributed by atoms with E-state index in [0.717, 1.165) is 18.5 Å². The van der Waals surface area contributed by atoms with Crippen molar-refractivity contribution in [3.05, 3.63) is 23.8 Å². The lowest BCUT2D eigenvalue weighted by atomic mass is 10.1. The third-order valence-corrected chi connectivity index (χ3v) is 3.93. The number of hydrogen-bond acceptors (Lipinski definition) is 4. The molecule has 0 aromatic heterocycles. The molecule has 1 fully saturated rings. The summed E-state index contributed by atoms with van der Waals surface area (Å²) in [6.07, 6.45) is 2.26. The van der Waals surface area contributed by atoms with Gasteiger partial charge in [0.15, 0.2) is 0 Å². The molecule has 4 N–H and O–H groups in total. The van der Waals surface area contributed by atoms with E-state index in [4.69, 9.17) is 10.8 Å². The Labute approximate surface area is 105 Å². The molecular formula is C12H16N2O2S. The second-order valence-electron chi connectivity index (χ2n) is 4.14. The van der Waals surface area contributed by atoms with Crippen molar-refractivity contribution in [1.82, 2.24) is 0 Å². The smallest absolute Gasteiger partial charge is 0.335 e. The Morgan fingerprint density at radius 3 is 2.71 bits per heavy atom. The Hall–Kier alpha value is -1.36. The van der Waals surface area contributed by atoms with Crippen molar-refractivity contribution in [2.45, 2.75) is 18.9 Å². The molecule has 1 aromatic carbocycles. The summed E-state index contributed by atoms with van der Waals surface area (Å²) in [5.74, 6) is 1.40. The molecule has 1 heterocycles. The number of hydrogen-bond donors (Lipinski definition) is 3. The summed E-state index contributed by atoms with van der Waals surface area (Å²) in [7, 11) is 0. The Bertz CT molecular complexity index is 417. The van der Waals surface area contributed by atoms with Gasteiger partial charge in [-0.1, -0.05) is 0 Å². The van der Waals surface area contributed by atoms with Crippen molar-refractivity contribution >= 4 is 29.1 Å². The van der Waals surface area contributed by atoms with E-state index in [0.29, 0.717) is 11.7 Å². The minimum Gasteiger partial charge on any atom is -0.478 e. The van der Waals surface area contributed by atoms with Crippen molar-refractivity contribution in [2.24, 2.45) is 0 Å². The quantitative estimate of drug-likeness (QED) is 0.719. The van der Waals surface area contributed by atoms with E-state index >= 15 is 0 Å². The monoisotopic (exact) mass is 252 g/mol. The van der Waals surface area contributed by atoms with Crippen LogP contribution in [0.1, 0.15) is 23.2 Å². The zero-order valence-electron chi connectivity index (χ0n) is 9.48. The first-order valence-corrected chi connectivity index (χ1v) is 6.79. The highest BCUT2D eigenvalue weighted by molar-refractivity contribution is 7.99. The molecular weight excluding hydrogens is 236 g/mol. The lowest BCUT2D eigenvalue weighted by Crippen LogP contribution is -2.25. The number of aromatic carboxylic acids is 1. The van der Waals surface area contributed by atoms with Crippen LogP contribution in [-0.2, 0) is 0 Å². The van der Waals surface area contributed by atoms with Crippen molar-refractivity contribution in [1.29, 1.82) is 0 Å². The van der Waals surface area contributed by atoms with Crippen molar-refractivity contribution in [3.8, 4) is 0 Å². The summed E-state index contributed by atoms with van der Waals surface area (Å²) in [4.78, 5) is 10.8. The minimum atomic E-state index is -0.947. The molecule has 0 unspecified atom stereocenters. The van der Waals surface area contributed by atoms with Crippen LogP contribution in [-0.4, -0.2) is 28.6 Å². The fourth-order valence-electron chi connectivity index (χ4n) is 1.89. The van der Waals surface area contributed by atoms with Gasteiger partial charge in [0.1, 0.15) is 0 Å². The maximum absolute atomic E-state index is 10.8. The summed E-state index contributed by atoms with van der Waals surface area (Å²) in [5, 5.41) is 12.2. The Kier molecular flexibility index (Phi) is 3.78. The SMILES string of the molecule is Nc1cc(C(=O)O)ccc1NC1CCSCC1. The van der Waals surface area contributed by atoms with Gasteiger partial charge in [0.2, 0.25) is 0 Å². The fourth-order valence-corrected chi connectivity index (χ4v) is 3.00. The van der Waals surface area contributed by atoms with Crippen LogP contribution in [0.25, 0.3) is 0 Å². The number of thioether (sulfide) groups is 1. The summed E-state index contributed by atoms with van der Waals surface area (Å²) in [6, 6.07) is 5.29. The zero-order chi connectivity index (χ0) is 12.3. The molecule has 92 valence electrons. The minimum absolute atomic E-state index is 0.229. The van der Waals surface area contributed by atoms with E-state index in [9.17, 15) is 4.79 Å². The number of carboxylic acids is 1. The van der Waals surface area contributed by atoms with E-state index in [1.54, 1.807) is 12.1 Å². The van der Waals surface area contributed by atoms with Crippen molar-refractivity contribution in [3.63, 3.8) is 0 Å². The second kappa shape index (κ2) is 5.31. The standard InChI is InChI=1S/C12H16N2O2S/c13-10-7-8(12(15)16)1-2-11(10)14-9-3-5-17-6-4-9/h1-2,7,9,14H,3-6,13H2,(H,15,16). The van der Waals surface area contributed by atoms with Crippen LogP contribution in [0.2, 0.25) is 0 Å². The topological polar surface area (TPSA) is 75.4 Å². The van der Waals surface area contributed by atoms with Gasteiger partial charge in [0.25, 0.3) is 0 Å². The molecule has 0 spiro atoms. The highest BCUT2D eigenvalue weighted by Gasteiger charge is 2.14. The number of rotatable bonds is 3. The van der Waals surface area contributed by atoms with Crippen LogP contribution in [0.5, 0.6) is 0 Å². The van der Waals surface area contributed by atoms with Crippen LogP contribution < -0.4 is 11.1 Å². The van der Waals surface area contributed by atoms with E-state index in [-0.39, 0.29) is 5.56 Å². The maximum atomic E-state index is 10.8. The number of nitrogens with one attached hydrogen (secondary N) is 1. The summed E-state index contributed by atoms with van der Waals surface area (Å²) in [6.45, 7) is 0. The fraction of sp³-hybridized carbons (Fsp3) is 0.417. The number of nitrogens with two attached hydrogens (primary N) is 1. The Balaban J connectivity index is 2.08. The normalized spacial score (nSPS) is 16.7. The molecule has 0 bridgehead atoms. The van der Waals surface area contributed by atoms with Gasteiger partial charge in [-0.2, -0.15) is 11.8 Å². The Morgan fingerprint density at radius 2 is 2.12 bits per heavy atom. The molecule has 0 atom stereocenters. The van der Waals surface area contributed by atoms with Crippen molar-refractivity contribution in [2.75, 3.05) is 22.6 Å². The van der Waals surface area contributed by atoms with Crippen LogP contribution in [0.4, 0.5) is 11.4 Å². The predicted octanol–water partition coefficient (Wildman–Crippen LogP) is 2.27. The molecule has 1 saturated heterocycles. The predicted molar refractivity (Wildman–Crippen MR) is 71.8 cm³/mol. The van der Waals surface area contributed by atoms with Crippen LogP contribution in [0, 0.1) is 0 Å². The molecule has 5 heteroatoms. The number of benzene rings is 1. The molecule has 0 radical (unpaired) electrons. The number of carbonyl (C=O) groups is 1. The first-order chi connectivity index (χ1) is 8.16. The molecule has 17 heavy (non-hydrogen) atoms. The van der Waals surface area contributed by atoms with Gasteiger partial charge in [-0.25, -0.2) is 4.79 Å². The van der Waals surface area contributed by atoms with Crippen molar-refractivity contribution < 1.29 is 9.90 Å². The van der Waals surface area contributed by atoms with Gasteiger partial charge in [-0.15, -0.1) is 0 Å². The molecule has 1 aliphatic heterocycles. The van der Waals surface area contributed by atoms with E-state index in [1.807, 2.05) is 11.8 Å². The molecule has 1 aliphatic rings. The van der Waals surface area contributed by atoms with E-state index in [2.05, 4.69) is 5.32 Å². The van der Waals surface area contributed by atoms with Crippen LogP contribution in [0.3, 0.4) is 0 Å². The lowest BCUT2D eigenvalue weighted by Gasteiger charge is -2.24. The van der Waals surface area contributed by atoms with E-state index < -0.39 is 5.97 Å². The third kappa shape index (κ3) is 3.06. The first kappa shape index (κ1) is 12.1. The third-order valence-electron chi connectivity index (χ3n) is 2.88. The van der Waals surface area contributed by atoms with Gasteiger partial charge < -0.3 is 16.2 Å². The largest absolute Gasteiger partial charge is 0.478 e. The molecule has 0 amide bonds. The average Bonchev–Trinajstić information content (AvgIpc) is 2.33. The van der Waals surface area contributed by atoms with Crippen LogP contribution in [0.15, 0.2) is 18.2 Å². The maximum Gasteiger partial charge on any atom is 0.335 e. The van der Waals surface area contributed by atoms with Gasteiger partial charge in [-0.3, -0.25) is 0 Å². The van der Waals surface area contributed by atoms with Gasteiger partial charge in [0, 0.05) is 6.04 Å². The summed E-state index contributed by atoms with van der Waals surface area (Å²) >= 11 is 1.97. The van der Waals surface area contributed by atoms with Gasteiger partial charge in [-0.05, 0) is 42.5 Å². The molecule has 2 rings (SSSR count). The zero-order valence-corrected chi connectivity index (χ0v) is 10.3. The van der Waals surface area contributed by atoms with Gasteiger partial charge >= 0.3 is 5.97 Å². The Morgan fingerprint density at radius 1 is 1.41 bits per heavy atom. The highest BCUT2D eigenvalue weighted by Crippen LogP contribution is 2.25. The molecule has 0 saturated carbocycles. The second-order valence-corrected chi connectivity index (χ2v) is 5.36. The summed E-state index contributed by atoms with van der Waals surface area (Å²) < 4.78 is 0. The highest BCUT2D eigenvalue weighted by atomic mass is 32.2. The van der Waals surface area contributed by atoms with Crippen LogP contribution >= 0.6 is 11.8 Å². The molecule has 1 aromatic rings. The molecule has 4 nitrogen and oxygen atoms in total. The number of carboxylic acid groups (broad SMARTS) is 1. The average molecular weight is 252 g/mol. The van der Waals surface area contributed by atoms with E-state index in [1.165, 1.54) is 17.6 Å². The summed E-state index contributed by atoms with van der Waals surface area (Å²) in [5.41, 5.74) is 7.42. The first-order valence-electron chi connectivity index (χ1n) is 5.64. The lowest BCUT2D eigenvalue weighted by molar-refractivity contribution is 0.0697.